The highest BCUT2D eigenvalue weighted by Gasteiger charge is 2.23. The zero-order valence-corrected chi connectivity index (χ0v) is 13.2. The predicted molar refractivity (Wildman–Crippen MR) is 87.5 cm³/mol. The fraction of sp³-hybridized carbons (Fsp3) is 0.312. The molecule has 1 aliphatic rings. The Morgan fingerprint density at radius 1 is 1.19 bits per heavy atom. The minimum atomic E-state index is 0.397. The van der Waals surface area contributed by atoms with Crippen molar-refractivity contribution in [1.82, 2.24) is 4.98 Å². The van der Waals surface area contributed by atoms with Crippen LogP contribution < -0.4 is 10.1 Å². The van der Waals surface area contributed by atoms with Crippen LogP contribution in [0.2, 0.25) is 10.0 Å². The number of nitrogens with zero attached hydrogens (tertiary/aromatic N) is 1. The van der Waals surface area contributed by atoms with Gasteiger partial charge >= 0.3 is 0 Å². The minimum Gasteiger partial charge on any atom is -0.490 e. The number of benzene rings is 1. The lowest BCUT2D eigenvalue weighted by atomic mass is 10.1. The third-order valence-electron chi connectivity index (χ3n) is 3.23. The number of nitrogens with one attached hydrogen (secondary N) is 1. The summed E-state index contributed by atoms with van der Waals surface area (Å²) in [7, 11) is 0. The van der Waals surface area contributed by atoms with E-state index in [-0.39, 0.29) is 0 Å². The van der Waals surface area contributed by atoms with E-state index >= 15 is 0 Å². The summed E-state index contributed by atoms with van der Waals surface area (Å²) in [6, 6.07) is 9.56. The molecule has 0 spiro atoms. The molecule has 0 radical (unpaired) electrons. The average molecular weight is 323 g/mol. The second-order valence-electron chi connectivity index (χ2n) is 5.02. The van der Waals surface area contributed by atoms with Crippen LogP contribution >= 0.6 is 23.2 Å². The van der Waals surface area contributed by atoms with Crippen LogP contribution in [0.4, 0.5) is 5.82 Å². The molecule has 0 saturated heterocycles. The molecule has 1 heterocycles. The molecule has 3 nitrogen and oxygen atoms in total. The maximum Gasteiger partial charge on any atom is 0.145 e. The highest BCUT2D eigenvalue weighted by Crippen LogP contribution is 2.34. The molecule has 0 aliphatic heterocycles. The molecule has 21 heavy (non-hydrogen) atoms. The third-order valence-corrected chi connectivity index (χ3v) is 3.80. The van der Waals surface area contributed by atoms with E-state index in [1.54, 1.807) is 6.07 Å². The van der Waals surface area contributed by atoms with Gasteiger partial charge in [-0.15, -0.1) is 0 Å². The van der Waals surface area contributed by atoms with Crippen molar-refractivity contribution in [1.29, 1.82) is 0 Å². The Kier molecular flexibility index (Phi) is 4.22. The van der Waals surface area contributed by atoms with Gasteiger partial charge in [-0.3, -0.25) is 0 Å². The van der Waals surface area contributed by atoms with E-state index in [2.05, 4.69) is 10.3 Å². The standard InChI is InChI=1S/C16H16Cl2N2O/c1-2-19-16-14(18)9-13(17)15(20-16)10-3-5-11(6-4-10)21-12-7-8-12/h3-6,9,12H,2,7-8H2,1H3,(H,19,20). The molecular weight excluding hydrogens is 307 g/mol. The van der Waals surface area contributed by atoms with E-state index in [0.29, 0.717) is 22.0 Å². The van der Waals surface area contributed by atoms with Crippen molar-refractivity contribution in [3.8, 4) is 17.0 Å². The van der Waals surface area contributed by atoms with E-state index in [0.717, 1.165) is 36.4 Å². The van der Waals surface area contributed by atoms with Crippen LogP contribution in [0.1, 0.15) is 19.8 Å². The van der Waals surface area contributed by atoms with Gasteiger partial charge in [0.15, 0.2) is 0 Å². The third kappa shape index (κ3) is 3.42. The minimum absolute atomic E-state index is 0.397. The van der Waals surface area contributed by atoms with Gasteiger partial charge in [0.25, 0.3) is 0 Å². The lowest BCUT2D eigenvalue weighted by molar-refractivity contribution is 0.303. The van der Waals surface area contributed by atoms with Crippen molar-refractivity contribution in [2.24, 2.45) is 0 Å². The second-order valence-corrected chi connectivity index (χ2v) is 5.84. The summed E-state index contributed by atoms with van der Waals surface area (Å²) >= 11 is 12.4. The maximum atomic E-state index is 6.26. The molecule has 0 amide bonds. The van der Waals surface area contributed by atoms with Crippen molar-refractivity contribution < 1.29 is 4.74 Å². The lowest BCUT2D eigenvalue weighted by Gasteiger charge is -2.11. The van der Waals surface area contributed by atoms with Crippen molar-refractivity contribution in [3.05, 3.63) is 40.4 Å². The molecule has 1 N–H and O–H groups in total. The van der Waals surface area contributed by atoms with Crippen molar-refractivity contribution in [2.45, 2.75) is 25.9 Å². The van der Waals surface area contributed by atoms with Crippen LogP contribution in [-0.4, -0.2) is 17.6 Å². The van der Waals surface area contributed by atoms with Gasteiger partial charge in [-0.1, -0.05) is 23.2 Å². The first-order chi connectivity index (χ1) is 10.2. The first-order valence-corrected chi connectivity index (χ1v) is 7.80. The number of hydrogen-bond donors (Lipinski definition) is 1. The number of halogens is 2. The molecule has 1 aromatic carbocycles. The van der Waals surface area contributed by atoms with Gasteiger partial charge < -0.3 is 10.1 Å². The van der Waals surface area contributed by atoms with Crippen LogP contribution in [0.3, 0.4) is 0 Å². The summed E-state index contributed by atoms with van der Waals surface area (Å²) in [6.07, 6.45) is 2.70. The monoisotopic (exact) mass is 322 g/mol. The maximum absolute atomic E-state index is 6.26. The van der Waals surface area contributed by atoms with Crippen molar-refractivity contribution in [3.63, 3.8) is 0 Å². The summed E-state index contributed by atoms with van der Waals surface area (Å²) in [5.74, 6) is 1.54. The molecule has 0 atom stereocenters. The molecule has 1 aliphatic carbocycles. The van der Waals surface area contributed by atoms with E-state index in [1.807, 2.05) is 31.2 Å². The Labute approximate surface area is 134 Å². The van der Waals surface area contributed by atoms with Gasteiger partial charge in [0.1, 0.15) is 11.6 Å². The molecule has 2 aromatic rings. The highest BCUT2D eigenvalue weighted by molar-refractivity contribution is 6.37. The van der Waals surface area contributed by atoms with Gasteiger partial charge in [0.05, 0.1) is 21.8 Å². The van der Waals surface area contributed by atoms with E-state index in [1.165, 1.54) is 0 Å². The normalized spacial score (nSPS) is 14.0. The zero-order chi connectivity index (χ0) is 14.8. The topological polar surface area (TPSA) is 34.2 Å². The first-order valence-electron chi connectivity index (χ1n) is 7.04. The summed E-state index contributed by atoms with van der Waals surface area (Å²) in [6.45, 7) is 2.75. The van der Waals surface area contributed by atoms with Gasteiger partial charge in [-0.05, 0) is 50.1 Å². The van der Waals surface area contributed by atoms with Gasteiger partial charge in [0, 0.05) is 12.1 Å². The van der Waals surface area contributed by atoms with Crippen LogP contribution in [-0.2, 0) is 0 Å². The largest absolute Gasteiger partial charge is 0.490 e. The molecule has 3 rings (SSSR count). The first kappa shape index (κ1) is 14.5. The van der Waals surface area contributed by atoms with Crippen LogP contribution in [0.15, 0.2) is 30.3 Å². The Hall–Kier alpha value is -1.45. The Morgan fingerprint density at radius 3 is 2.52 bits per heavy atom. The molecule has 1 saturated carbocycles. The molecule has 0 unspecified atom stereocenters. The molecule has 110 valence electrons. The average Bonchev–Trinajstić information content (AvgIpc) is 3.27. The number of hydrogen-bond acceptors (Lipinski definition) is 3. The summed E-state index contributed by atoms with van der Waals surface area (Å²) < 4.78 is 5.74. The fourth-order valence-corrected chi connectivity index (χ4v) is 2.56. The smallest absolute Gasteiger partial charge is 0.145 e. The number of ether oxygens (including phenoxy) is 1. The van der Waals surface area contributed by atoms with Crippen molar-refractivity contribution in [2.75, 3.05) is 11.9 Å². The SMILES string of the molecule is CCNc1nc(-c2ccc(OC3CC3)cc2)c(Cl)cc1Cl. The number of rotatable bonds is 5. The Bertz CT molecular complexity index is 639. The van der Waals surface area contributed by atoms with Crippen LogP contribution in [0.25, 0.3) is 11.3 Å². The summed E-state index contributed by atoms with van der Waals surface area (Å²) in [5.41, 5.74) is 1.66. The van der Waals surface area contributed by atoms with Crippen LogP contribution in [0, 0.1) is 0 Å². The van der Waals surface area contributed by atoms with E-state index < -0.39 is 0 Å². The summed E-state index contributed by atoms with van der Waals surface area (Å²) in [4.78, 5) is 4.52. The highest BCUT2D eigenvalue weighted by atomic mass is 35.5. The summed E-state index contributed by atoms with van der Waals surface area (Å²) in [5, 5.41) is 4.20. The quantitative estimate of drug-likeness (QED) is 0.838. The molecule has 1 aromatic heterocycles. The van der Waals surface area contributed by atoms with E-state index in [4.69, 9.17) is 27.9 Å². The van der Waals surface area contributed by atoms with Crippen LogP contribution in [0.5, 0.6) is 5.75 Å². The van der Waals surface area contributed by atoms with Crippen molar-refractivity contribution >= 4 is 29.0 Å². The Morgan fingerprint density at radius 2 is 1.90 bits per heavy atom. The molecule has 5 heteroatoms. The molecule has 1 fully saturated rings. The molecule has 0 bridgehead atoms. The zero-order valence-electron chi connectivity index (χ0n) is 11.7. The molecular formula is C16H16Cl2N2O. The van der Waals surface area contributed by atoms with Gasteiger partial charge in [-0.25, -0.2) is 4.98 Å². The fourth-order valence-electron chi connectivity index (χ4n) is 2.03. The Balaban J connectivity index is 1.89. The number of anilines is 1. The van der Waals surface area contributed by atoms with E-state index in [9.17, 15) is 0 Å². The number of aromatic nitrogens is 1. The predicted octanol–water partition coefficient (Wildman–Crippen LogP) is 5.03. The lowest BCUT2D eigenvalue weighted by Crippen LogP contribution is -2.01. The number of pyridine rings is 1. The second kappa shape index (κ2) is 6.12. The van der Waals surface area contributed by atoms with Gasteiger partial charge in [0.2, 0.25) is 0 Å². The van der Waals surface area contributed by atoms with Gasteiger partial charge in [-0.2, -0.15) is 0 Å².